The van der Waals surface area contributed by atoms with Crippen molar-refractivity contribution in [2.45, 2.75) is 12.3 Å². The first-order chi connectivity index (χ1) is 6.38. The summed E-state index contributed by atoms with van der Waals surface area (Å²) < 4.78 is 5.06. The van der Waals surface area contributed by atoms with E-state index in [4.69, 9.17) is 9.84 Å². The minimum Gasteiger partial charge on any atom is -0.396 e. The Morgan fingerprint density at radius 1 is 1.54 bits per heavy atom. The maximum Gasteiger partial charge on any atom is 0.0546 e. The molecule has 1 atom stereocenters. The molecule has 0 fully saturated rings. The van der Waals surface area contributed by atoms with Gasteiger partial charge in [0.15, 0.2) is 0 Å². The first-order valence-corrected chi connectivity index (χ1v) is 4.39. The van der Waals surface area contributed by atoms with E-state index in [0.717, 1.165) is 5.69 Å². The van der Waals surface area contributed by atoms with Crippen molar-refractivity contribution in [3.05, 3.63) is 30.1 Å². The van der Waals surface area contributed by atoms with Crippen LogP contribution in [0.3, 0.4) is 0 Å². The third-order valence-electron chi connectivity index (χ3n) is 1.95. The molecule has 1 N–H and O–H groups in total. The van der Waals surface area contributed by atoms with E-state index in [1.54, 1.807) is 13.3 Å². The Hall–Kier alpha value is -0.930. The van der Waals surface area contributed by atoms with Crippen LogP contribution in [0.5, 0.6) is 0 Å². The van der Waals surface area contributed by atoms with Crippen LogP contribution < -0.4 is 0 Å². The Morgan fingerprint density at radius 3 is 2.92 bits per heavy atom. The number of aromatic nitrogens is 1. The Kier molecular flexibility index (Phi) is 4.43. The van der Waals surface area contributed by atoms with Crippen molar-refractivity contribution in [3.63, 3.8) is 0 Å². The fourth-order valence-corrected chi connectivity index (χ4v) is 1.29. The van der Waals surface area contributed by atoms with Crippen LogP contribution in [0.15, 0.2) is 24.4 Å². The standard InChI is InChI=1S/C10H15NO2/c1-13-8-9(5-7-12)10-4-2-3-6-11-10/h2-4,6,9,12H,5,7-8H2,1H3. The zero-order valence-electron chi connectivity index (χ0n) is 7.81. The van der Waals surface area contributed by atoms with Crippen LogP contribution in [0, 0.1) is 0 Å². The second-order valence-corrected chi connectivity index (χ2v) is 2.92. The molecule has 1 unspecified atom stereocenters. The second-order valence-electron chi connectivity index (χ2n) is 2.92. The minimum absolute atomic E-state index is 0.171. The van der Waals surface area contributed by atoms with E-state index in [-0.39, 0.29) is 12.5 Å². The van der Waals surface area contributed by atoms with Gasteiger partial charge in [0.1, 0.15) is 0 Å². The fraction of sp³-hybridized carbons (Fsp3) is 0.500. The molecule has 13 heavy (non-hydrogen) atoms. The minimum atomic E-state index is 0.171. The number of nitrogens with zero attached hydrogens (tertiary/aromatic N) is 1. The van der Waals surface area contributed by atoms with Gasteiger partial charge in [0.25, 0.3) is 0 Å². The number of methoxy groups -OCH3 is 1. The van der Waals surface area contributed by atoms with E-state index in [1.165, 1.54) is 0 Å². The topological polar surface area (TPSA) is 42.4 Å². The number of ether oxygens (including phenoxy) is 1. The van der Waals surface area contributed by atoms with Gasteiger partial charge in [0.2, 0.25) is 0 Å². The highest BCUT2D eigenvalue weighted by atomic mass is 16.5. The molecule has 0 aliphatic rings. The van der Waals surface area contributed by atoms with Crippen molar-refractivity contribution < 1.29 is 9.84 Å². The van der Waals surface area contributed by atoms with E-state index >= 15 is 0 Å². The molecule has 1 rings (SSSR count). The molecule has 0 radical (unpaired) electrons. The van der Waals surface area contributed by atoms with E-state index in [1.807, 2.05) is 18.2 Å². The second kappa shape index (κ2) is 5.67. The molecule has 1 aromatic rings. The number of hydrogen-bond donors (Lipinski definition) is 1. The Balaban J connectivity index is 2.64. The number of hydrogen-bond acceptors (Lipinski definition) is 3. The number of aliphatic hydroxyl groups excluding tert-OH is 1. The maximum absolute atomic E-state index is 8.84. The molecule has 0 saturated heterocycles. The van der Waals surface area contributed by atoms with Gasteiger partial charge in [-0.3, -0.25) is 4.98 Å². The Bertz CT molecular complexity index is 220. The van der Waals surface area contributed by atoms with Gasteiger partial charge in [-0.25, -0.2) is 0 Å². The van der Waals surface area contributed by atoms with Gasteiger partial charge < -0.3 is 9.84 Å². The number of rotatable bonds is 5. The predicted molar refractivity (Wildman–Crippen MR) is 50.6 cm³/mol. The molecule has 0 spiro atoms. The largest absolute Gasteiger partial charge is 0.396 e. The Morgan fingerprint density at radius 2 is 2.38 bits per heavy atom. The van der Waals surface area contributed by atoms with Gasteiger partial charge in [-0.1, -0.05) is 6.07 Å². The zero-order valence-corrected chi connectivity index (χ0v) is 7.81. The van der Waals surface area contributed by atoms with E-state index in [2.05, 4.69) is 4.98 Å². The third-order valence-corrected chi connectivity index (χ3v) is 1.95. The molecule has 3 heteroatoms. The van der Waals surface area contributed by atoms with E-state index in [0.29, 0.717) is 13.0 Å². The van der Waals surface area contributed by atoms with Gasteiger partial charge in [-0.15, -0.1) is 0 Å². The van der Waals surface area contributed by atoms with Crippen molar-refractivity contribution in [2.75, 3.05) is 20.3 Å². The van der Waals surface area contributed by atoms with Crippen LogP contribution in [-0.2, 0) is 4.74 Å². The monoisotopic (exact) mass is 181 g/mol. The fourth-order valence-electron chi connectivity index (χ4n) is 1.29. The van der Waals surface area contributed by atoms with Gasteiger partial charge in [0, 0.05) is 31.5 Å². The van der Waals surface area contributed by atoms with Crippen LogP contribution in [0.2, 0.25) is 0 Å². The lowest BCUT2D eigenvalue weighted by molar-refractivity contribution is 0.161. The smallest absolute Gasteiger partial charge is 0.0546 e. The molecule has 72 valence electrons. The molecule has 0 amide bonds. The lowest BCUT2D eigenvalue weighted by Crippen LogP contribution is -2.09. The molecule has 3 nitrogen and oxygen atoms in total. The summed E-state index contributed by atoms with van der Waals surface area (Å²) in [5.41, 5.74) is 0.985. The average molecular weight is 181 g/mol. The SMILES string of the molecule is COCC(CCO)c1ccccn1. The molecular formula is C10H15NO2. The Labute approximate surface area is 78.4 Å². The third kappa shape index (κ3) is 3.13. The summed E-state index contributed by atoms with van der Waals surface area (Å²) in [6.45, 7) is 0.780. The lowest BCUT2D eigenvalue weighted by Gasteiger charge is -2.13. The van der Waals surface area contributed by atoms with Crippen LogP contribution >= 0.6 is 0 Å². The summed E-state index contributed by atoms with van der Waals surface area (Å²) in [5.74, 6) is 0.205. The van der Waals surface area contributed by atoms with Crippen molar-refractivity contribution in [3.8, 4) is 0 Å². The van der Waals surface area contributed by atoms with Crippen LogP contribution in [0.1, 0.15) is 18.0 Å². The highest BCUT2D eigenvalue weighted by molar-refractivity contribution is 5.09. The summed E-state index contributed by atoms with van der Waals surface area (Å²) in [5, 5.41) is 8.84. The molecule has 0 aromatic carbocycles. The van der Waals surface area contributed by atoms with Crippen molar-refractivity contribution in [1.29, 1.82) is 0 Å². The van der Waals surface area contributed by atoms with Crippen LogP contribution in [0.25, 0.3) is 0 Å². The maximum atomic E-state index is 8.84. The average Bonchev–Trinajstić information content (AvgIpc) is 2.19. The van der Waals surface area contributed by atoms with Crippen molar-refractivity contribution in [2.24, 2.45) is 0 Å². The zero-order chi connectivity index (χ0) is 9.52. The summed E-state index contributed by atoms with van der Waals surface area (Å²) >= 11 is 0. The van der Waals surface area contributed by atoms with E-state index < -0.39 is 0 Å². The normalized spacial score (nSPS) is 12.8. The molecule has 1 aromatic heterocycles. The lowest BCUT2D eigenvalue weighted by atomic mass is 10.0. The molecule has 1 heterocycles. The quantitative estimate of drug-likeness (QED) is 0.742. The number of aliphatic hydroxyl groups is 1. The molecule has 0 aliphatic heterocycles. The summed E-state index contributed by atoms with van der Waals surface area (Å²) in [6.07, 6.45) is 2.46. The molecule has 0 bridgehead atoms. The van der Waals surface area contributed by atoms with Crippen LogP contribution in [-0.4, -0.2) is 30.4 Å². The van der Waals surface area contributed by atoms with E-state index in [9.17, 15) is 0 Å². The predicted octanol–water partition coefficient (Wildman–Crippen LogP) is 1.19. The van der Waals surface area contributed by atoms with Gasteiger partial charge in [-0.2, -0.15) is 0 Å². The molecular weight excluding hydrogens is 166 g/mol. The van der Waals surface area contributed by atoms with Crippen LogP contribution in [0.4, 0.5) is 0 Å². The summed E-state index contributed by atoms with van der Waals surface area (Å²) in [6, 6.07) is 5.79. The van der Waals surface area contributed by atoms with Crippen molar-refractivity contribution in [1.82, 2.24) is 4.98 Å². The highest BCUT2D eigenvalue weighted by Gasteiger charge is 2.10. The summed E-state index contributed by atoms with van der Waals surface area (Å²) in [4.78, 5) is 4.23. The highest BCUT2D eigenvalue weighted by Crippen LogP contribution is 2.16. The van der Waals surface area contributed by atoms with Gasteiger partial charge in [-0.05, 0) is 18.6 Å². The van der Waals surface area contributed by atoms with Gasteiger partial charge in [0.05, 0.1) is 6.61 Å². The first-order valence-electron chi connectivity index (χ1n) is 4.39. The summed E-state index contributed by atoms with van der Waals surface area (Å²) in [7, 11) is 1.66. The molecule has 0 saturated carbocycles. The van der Waals surface area contributed by atoms with Gasteiger partial charge >= 0.3 is 0 Å². The molecule has 0 aliphatic carbocycles. The first kappa shape index (κ1) is 10.2. The van der Waals surface area contributed by atoms with Crippen molar-refractivity contribution >= 4 is 0 Å². The number of pyridine rings is 1.